The number of halogens is 2. The van der Waals surface area contributed by atoms with E-state index in [9.17, 15) is 18.7 Å². The number of amides is 1. The van der Waals surface area contributed by atoms with Crippen molar-refractivity contribution >= 4 is 5.91 Å². The van der Waals surface area contributed by atoms with E-state index in [0.29, 0.717) is 0 Å². The largest absolute Gasteiger partial charge is 0.389 e. The number of rotatable bonds is 6. The lowest BCUT2D eigenvalue weighted by atomic mass is 9.97. The monoisotopic (exact) mass is 340 g/mol. The fraction of sp³-hybridized carbons (Fsp3) is 0.611. The fourth-order valence-corrected chi connectivity index (χ4v) is 3.40. The number of benzene rings is 1. The molecule has 4 nitrogen and oxygen atoms in total. The molecule has 24 heavy (non-hydrogen) atoms. The topological polar surface area (TPSA) is 52.6 Å². The summed E-state index contributed by atoms with van der Waals surface area (Å²) >= 11 is 0. The first-order chi connectivity index (χ1) is 11.2. The van der Waals surface area contributed by atoms with Gasteiger partial charge < -0.3 is 10.4 Å². The molecule has 2 rings (SSSR count). The Morgan fingerprint density at radius 3 is 2.62 bits per heavy atom. The van der Waals surface area contributed by atoms with Gasteiger partial charge in [-0.15, -0.1) is 0 Å². The van der Waals surface area contributed by atoms with Crippen LogP contribution < -0.4 is 5.32 Å². The summed E-state index contributed by atoms with van der Waals surface area (Å²) in [6.45, 7) is 6.16. The maximum Gasteiger partial charge on any atom is 0.234 e. The van der Waals surface area contributed by atoms with Crippen molar-refractivity contribution < 1.29 is 18.7 Å². The Bertz CT molecular complexity index is 567. The average molecular weight is 340 g/mol. The molecule has 1 amide bonds. The highest BCUT2D eigenvalue weighted by Gasteiger charge is 2.36. The van der Waals surface area contributed by atoms with Gasteiger partial charge in [0.25, 0.3) is 0 Å². The van der Waals surface area contributed by atoms with Crippen molar-refractivity contribution in [3.05, 3.63) is 35.4 Å². The molecule has 0 radical (unpaired) electrons. The Labute approximate surface area is 141 Å². The Balaban J connectivity index is 1.90. The van der Waals surface area contributed by atoms with Gasteiger partial charge in [-0.2, -0.15) is 0 Å². The van der Waals surface area contributed by atoms with Crippen LogP contribution >= 0.6 is 0 Å². The van der Waals surface area contributed by atoms with Gasteiger partial charge in [-0.1, -0.05) is 6.07 Å². The van der Waals surface area contributed by atoms with Gasteiger partial charge in [-0.3, -0.25) is 9.69 Å². The van der Waals surface area contributed by atoms with E-state index in [4.69, 9.17) is 0 Å². The van der Waals surface area contributed by atoms with Crippen LogP contribution in [0.4, 0.5) is 8.78 Å². The van der Waals surface area contributed by atoms with Gasteiger partial charge in [0, 0.05) is 17.6 Å². The number of carbonyl (C=O) groups is 1. The molecule has 2 unspecified atom stereocenters. The molecule has 6 heteroatoms. The van der Waals surface area contributed by atoms with Gasteiger partial charge in [-0.05, 0) is 58.7 Å². The van der Waals surface area contributed by atoms with Crippen LogP contribution in [0.25, 0.3) is 0 Å². The molecule has 1 aromatic carbocycles. The maximum absolute atomic E-state index is 13.7. The van der Waals surface area contributed by atoms with Gasteiger partial charge in [-0.25, -0.2) is 8.78 Å². The zero-order valence-corrected chi connectivity index (χ0v) is 14.5. The van der Waals surface area contributed by atoms with Crippen LogP contribution in [-0.2, 0) is 11.2 Å². The van der Waals surface area contributed by atoms with Gasteiger partial charge >= 0.3 is 0 Å². The Hall–Kier alpha value is -1.53. The molecule has 0 bridgehead atoms. The van der Waals surface area contributed by atoms with E-state index in [1.807, 2.05) is 4.90 Å². The zero-order valence-electron chi connectivity index (χ0n) is 14.5. The second-order valence-electron chi connectivity index (χ2n) is 7.16. The van der Waals surface area contributed by atoms with Crippen molar-refractivity contribution in [1.82, 2.24) is 10.2 Å². The van der Waals surface area contributed by atoms with Crippen molar-refractivity contribution in [2.45, 2.75) is 57.7 Å². The predicted molar refractivity (Wildman–Crippen MR) is 88.6 cm³/mol. The summed E-state index contributed by atoms with van der Waals surface area (Å²) in [6.07, 6.45) is 1.89. The molecule has 0 spiro atoms. The lowest BCUT2D eigenvalue weighted by Crippen LogP contribution is -2.50. The molecule has 0 aliphatic carbocycles. The van der Waals surface area contributed by atoms with Crippen molar-refractivity contribution in [1.29, 1.82) is 0 Å². The summed E-state index contributed by atoms with van der Waals surface area (Å²) in [5, 5.41) is 13.0. The standard InChI is InChI=1S/C18H26F2N2O2/c1-12(10-13-14(19)6-4-7-15(13)20)21-17(23)11-22-9-5-8-16(22)18(2,3)24/h4,6-7,12,16,24H,5,8-11H2,1-3H3,(H,21,23). The van der Waals surface area contributed by atoms with E-state index in [-0.39, 0.29) is 36.5 Å². The third-order valence-electron chi connectivity index (χ3n) is 4.51. The molecule has 0 saturated carbocycles. The first kappa shape index (κ1) is 18.8. The number of nitrogens with zero attached hydrogens (tertiary/aromatic N) is 1. The molecule has 1 heterocycles. The summed E-state index contributed by atoms with van der Waals surface area (Å²) in [7, 11) is 0. The number of likely N-dealkylation sites (tertiary alicyclic amines) is 1. The van der Waals surface area contributed by atoms with E-state index in [0.717, 1.165) is 19.4 Å². The van der Waals surface area contributed by atoms with E-state index in [1.165, 1.54) is 18.2 Å². The lowest BCUT2D eigenvalue weighted by Gasteiger charge is -2.33. The molecule has 0 aromatic heterocycles. The third-order valence-corrected chi connectivity index (χ3v) is 4.51. The van der Waals surface area contributed by atoms with Crippen LogP contribution in [-0.4, -0.2) is 46.7 Å². The Kier molecular flexibility index (Phi) is 5.93. The maximum atomic E-state index is 13.7. The Morgan fingerprint density at radius 2 is 2.04 bits per heavy atom. The number of hydrogen-bond donors (Lipinski definition) is 2. The van der Waals surface area contributed by atoms with Crippen molar-refractivity contribution in [3.63, 3.8) is 0 Å². The highest BCUT2D eigenvalue weighted by Crippen LogP contribution is 2.26. The molecule has 134 valence electrons. The van der Waals surface area contributed by atoms with Crippen LogP contribution in [0.2, 0.25) is 0 Å². The highest BCUT2D eigenvalue weighted by atomic mass is 19.1. The average Bonchev–Trinajstić information content (AvgIpc) is 2.91. The predicted octanol–water partition coefficient (Wildman–Crippen LogP) is 2.25. The molecule has 1 aliphatic rings. The summed E-state index contributed by atoms with van der Waals surface area (Å²) in [5.41, 5.74) is -0.876. The van der Waals surface area contributed by atoms with Gasteiger partial charge in [0.2, 0.25) is 5.91 Å². The summed E-state index contributed by atoms with van der Waals surface area (Å²) < 4.78 is 27.3. The highest BCUT2D eigenvalue weighted by molar-refractivity contribution is 5.78. The second kappa shape index (κ2) is 7.57. The quantitative estimate of drug-likeness (QED) is 0.835. The summed E-state index contributed by atoms with van der Waals surface area (Å²) in [5.74, 6) is -1.40. The Morgan fingerprint density at radius 1 is 1.42 bits per heavy atom. The molecular weight excluding hydrogens is 314 g/mol. The lowest BCUT2D eigenvalue weighted by molar-refractivity contribution is -0.124. The SMILES string of the molecule is CC(Cc1c(F)cccc1F)NC(=O)CN1CCCC1C(C)(C)O. The zero-order chi connectivity index (χ0) is 17.9. The smallest absolute Gasteiger partial charge is 0.234 e. The molecule has 1 aromatic rings. The van der Waals surface area contributed by atoms with Crippen molar-refractivity contribution in [3.8, 4) is 0 Å². The van der Waals surface area contributed by atoms with E-state index < -0.39 is 17.2 Å². The molecular formula is C18H26F2N2O2. The number of aliphatic hydroxyl groups is 1. The first-order valence-corrected chi connectivity index (χ1v) is 8.37. The number of carbonyl (C=O) groups excluding carboxylic acids is 1. The minimum atomic E-state index is -0.862. The van der Waals surface area contributed by atoms with Crippen LogP contribution in [0.3, 0.4) is 0 Å². The summed E-state index contributed by atoms with van der Waals surface area (Å²) in [6, 6.07) is 3.31. The minimum absolute atomic E-state index is 0.0131. The number of nitrogens with one attached hydrogen (secondary N) is 1. The van der Waals surface area contributed by atoms with Crippen molar-refractivity contribution in [2.75, 3.05) is 13.1 Å². The first-order valence-electron chi connectivity index (χ1n) is 8.37. The molecule has 1 saturated heterocycles. The summed E-state index contributed by atoms with van der Waals surface area (Å²) in [4.78, 5) is 14.2. The minimum Gasteiger partial charge on any atom is -0.389 e. The molecule has 2 atom stereocenters. The fourth-order valence-electron chi connectivity index (χ4n) is 3.40. The van der Waals surface area contributed by atoms with E-state index in [2.05, 4.69) is 5.32 Å². The van der Waals surface area contributed by atoms with Gasteiger partial charge in [0.15, 0.2) is 0 Å². The molecule has 2 N–H and O–H groups in total. The van der Waals surface area contributed by atoms with E-state index >= 15 is 0 Å². The second-order valence-corrected chi connectivity index (χ2v) is 7.16. The van der Waals surface area contributed by atoms with Gasteiger partial charge in [0.05, 0.1) is 12.1 Å². The van der Waals surface area contributed by atoms with E-state index in [1.54, 1.807) is 20.8 Å². The number of hydrogen-bond acceptors (Lipinski definition) is 3. The van der Waals surface area contributed by atoms with Crippen molar-refractivity contribution in [2.24, 2.45) is 0 Å². The normalized spacial score (nSPS) is 20.2. The molecule has 1 aliphatic heterocycles. The molecule has 1 fully saturated rings. The van der Waals surface area contributed by atoms with Crippen LogP contribution in [0, 0.1) is 11.6 Å². The van der Waals surface area contributed by atoms with Crippen LogP contribution in [0.15, 0.2) is 18.2 Å². The van der Waals surface area contributed by atoms with Crippen LogP contribution in [0.5, 0.6) is 0 Å². The van der Waals surface area contributed by atoms with Crippen LogP contribution in [0.1, 0.15) is 39.2 Å². The van der Waals surface area contributed by atoms with Gasteiger partial charge in [0.1, 0.15) is 11.6 Å². The third kappa shape index (κ3) is 4.74.